The maximum absolute atomic E-state index is 13.9. The summed E-state index contributed by atoms with van der Waals surface area (Å²) in [5, 5.41) is 2.93. The summed E-state index contributed by atoms with van der Waals surface area (Å²) in [5.74, 6) is -0.212. The zero-order valence-electron chi connectivity index (χ0n) is 16.0. The summed E-state index contributed by atoms with van der Waals surface area (Å²) in [6, 6.07) is 5.75. The van der Waals surface area contributed by atoms with Crippen molar-refractivity contribution >= 4 is 21.6 Å². The molecule has 0 bridgehead atoms. The van der Waals surface area contributed by atoms with Crippen molar-refractivity contribution in [3.63, 3.8) is 0 Å². The number of benzene rings is 1. The molecule has 1 N–H and O–H groups in total. The Morgan fingerprint density at radius 2 is 1.92 bits per heavy atom. The predicted molar refractivity (Wildman–Crippen MR) is 104 cm³/mol. The Balaban J connectivity index is 2.53. The number of para-hydroxylation sites is 1. The molecule has 0 saturated heterocycles. The lowest BCUT2D eigenvalue weighted by molar-refractivity contribution is -0.121. The van der Waals surface area contributed by atoms with Crippen molar-refractivity contribution in [2.75, 3.05) is 23.7 Å². The molecule has 1 atom stereocenters. The molecule has 0 spiro atoms. The summed E-state index contributed by atoms with van der Waals surface area (Å²) in [7, 11) is -3.62. The molecule has 1 aromatic rings. The quantitative estimate of drug-likeness (QED) is 0.595. The third kappa shape index (κ3) is 7.72. The van der Waals surface area contributed by atoms with Crippen LogP contribution in [0.15, 0.2) is 24.3 Å². The number of hydrogen-bond acceptors (Lipinski definition) is 3. The van der Waals surface area contributed by atoms with Crippen LogP contribution in [0.3, 0.4) is 0 Å². The molecule has 0 aliphatic carbocycles. The molecule has 0 saturated carbocycles. The number of hydrogen-bond donors (Lipinski definition) is 1. The average molecular weight is 387 g/mol. The summed E-state index contributed by atoms with van der Waals surface area (Å²) in [6.07, 6.45) is 6.00. The van der Waals surface area contributed by atoms with Crippen molar-refractivity contribution in [1.29, 1.82) is 0 Å². The number of unbranched alkanes of at least 4 members (excludes halogenated alkanes) is 1. The van der Waals surface area contributed by atoms with Gasteiger partial charge in [0.15, 0.2) is 0 Å². The SMILES string of the molecule is CCCC[C@@H](CC)CNC(=O)CCCN(c1ccccc1F)S(C)(=O)=O. The van der Waals surface area contributed by atoms with Crippen LogP contribution in [0.25, 0.3) is 0 Å². The highest BCUT2D eigenvalue weighted by molar-refractivity contribution is 7.92. The summed E-state index contributed by atoms with van der Waals surface area (Å²) in [4.78, 5) is 12.0. The highest BCUT2D eigenvalue weighted by Crippen LogP contribution is 2.21. The molecule has 0 unspecified atom stereocenters. The van der Waals surface area contributed by atoms with Crippen LogP contribution >= 0.6 is 0 Å². The first kappa shape index (κ1) is 22.4. The minimum absolute atomic E-state index is 0.0148. The minimum atomic E-state index is -3.62. The zero-order chi connectivity index (χ0) is 19.6. The number of carbonyl (C=O) groups excluding carboxylic acids is 1. The molecule has 5 nitrogen and oxygen atoms in total. The number of rotatable bonds is 12. The Morgan fingerprint density at radius 1 is 1.23 bits per heavy atom. The van der Waals surface area contributed by atoms with Crippen molar-refractivity contribution in [2.24, 2.45) is 5.92 Å². The summed E-state index contributed by atoms with van der Waals surface area (Å²) < 4.78 is 38.9. The summed E-state index contributed by atoms with van der Waals surface area (Å²) in [6.45, 7) is 4.98. The molecule has 148 valence electrons. The average Bonchev–Trinajstić information content (AvgIpc) is 2.59. The Morgan fingerprint density at radius 3 is 2.50 bits per heavy atom. The number of carbonyl (C=O) groups is 1. The van der Waals surface area contributed by atoms with Gasteiger partial charge in [-0.3, -0.25) is 9.10 Å². The zero-order valence-corrected chi connectivity index (χ0v) is 16.8. The molecule has 0 aliphatic rings. The van der Waals surface area contributed by atoms with E-state index in [1.807, 2.05) is 0 Å². The van der Waals surface area contributed by atoms with Crippen LogP contribution in [0, 0.1) is 11.7 Å². The standard InChI is InChI=1S/C19H31FN2O3S/c1-4-6-10-16(5-2)15-21-19(23)13-9-14-22(26(3,24)25)18-12-8-7-11-17(18)20/h7-8,11-12,16H,4-6,9-10,13-15H2,1-3H3,(H,21,23)/t16-/m1/s1. The van der Waals surface area contributed by atoms with Gasteiger partial charge in [0.25, 0.3) is 0 Å². The number of halogens is 1. The Bertz CT molecular complexity index is 665. The van der Waals surface area contributed by atoms with Gasteiger partial charge in [-0.1, -0.05) is 45.2 Å². The molecule has 26 heavy (non-hydrogen) atoms. The monoisotopic (exact) mass is 386 g/mol. The number of sulfonamides is 1. The van der Waals surface area contributed by atoms with Crippen LogP contribution in [-0.4, -0.2) is 33.7 Å². The molecule has 0 fully saturated rings. The van der Waals surface area contributed by atoms with Crippen molar-refractivity contribution in [3.05, 3.63) is 30.1 Å². The highest BCUT2D eigenvalue weighted by Gasteiger charge is 2.20. The summed E-state index contributed by atoms with van der Waals surface area (Å²) >= 11 is 0. The van der Waals surface area contributed by atoms with Crippen LogP contribution in [0.2, 0.25) is 0 Å². The van der Waals surface area contributed by atoms with Crippen LogP contribution in [-0.2, 0) is 14.8 Å². The van der Waals surface area contributed by atoms with Crippen LogP contribution in [0.5, 0.6) is 0 Å². The Hall–Kier alpha value is -1.63. The number of amides is 1. The van der Waals surface area contributed by atoms with E-state index in [4.69, 9.17) is 0 Å². The fraction of sp³-hybridized carbons (Fsp3) is 0.632. The molecule has 1 aromatic carbocycles. The third-order valence-corrected chi connectivity index (χ3v) is 5.60. The van der Waals surface area contributed by atoms with E-state index < -0.39 is 15.8 Å². The molecular weight excluding hydrogens is 355 g/mol. The maximum Gasteiger partial charge on any atom is 0.232 e. The van der Waals surface area contributed by atoms with Crippen LogP contribution in [0.1, 0.15) is 52.4 Å². The molecule has 7 heteroatoms. The second-order valence-electron chi connectivity index (χ2n) is 6.61. The molecular formula is C19H31FN2O3S. The Labute approximate surface area is 157 Å². The topological polar surface area (TPSA) is 66.5 Å². The lowest BCUT2D eigenvalue weighted by Gasteiger charge is -2.22. The van der Waals surface area contributed by atoms with Gasteiger partial charge in [0.1, 0.15) is 5.82 Å². The van der Waals surface area contributed by atoms with Crippen molar-refractivity contribution in [1.82, 2.24) is 5.32 Å². The van der Waals surface area contributed by atoms with Gasteiger partial charge in [0, 0.05) is 19.5 Å². The van der Waals surface area contributed by atoms with E-state index in [2.05, 4.69) is 19.2 Å². The molecule has 1 amide bonds. The molecule has 0 heterocycles. The van der Waals surface area contributed by atoms with E-state index in [1.165, 1.54) is 18.2 Å². The molecule has 0 aromatic heterocycles. The van der Waals surface area contributed by atoms with Gasteiger partial charge >= 0.3 is 0 Å². The lowest BCUT2D eigenvalue weighted by Crippen LogP contribution is -2.33. The molecule has 0 radical (unpaired) electrons. The largest absolute Gasteiger partial charge is 0.356 e. The van der Waals surface area contributed by atoms with Crippen LogP contribution in [0.4, 0.5) is 10.1 Å². The molecule has 0 aliphatic heterocycles. The highest BCUT2D eigenvalue weighted by atomic mass is 32.2. The smallest absolute Gasteiger partial charge is 0.232 e. The molecule has 1 rings (SSSR count). The number of nitrogens with one attached hydrogen (secondary N) is 1. The van der Waals surface area contributed by atoms with Gasteiger partial charge in [-0.2, -0.15) is 0 Å². The van der Waals surface area contributed by atoms with Gasteiger partial charge in [0.2, 0.25) is 15.9 Å². The van der Waals surface area contributed by atoms with E-state index in [9.17, 15) is 17.6 Å². The van der Waals surface area contributed by atoms with E-state index in [-0.39, 0.29) is 24.6 Å². The first-order chi connectivity index (χ1) is 12.3. The summed E-state index contributed by atoms with van der Waals surface area (Å²) in [5.41, 5.74) is 0.0148. The van der Waals surface area contributed by atoms with E-state index in [1.54, 1.807) is 6.07 Å². The predicted octanol–water partition coefficient (Wildman–Crippen LogP) is 3.70. The lowest BCUT2D eigenvalue weighted by atomic mass is 9.99. The van der Waals surface area contributed by atoms with Crippen molar-refractivity contribution in [2.45, 2.75) is 52.4 Å². The van der Waals surface area contributed by atoms with Gasteiger partial charge in [-0.15, -0.1) is 0 Å². The van der Waals surface area contributed by atoms with E-state index in [0.717, 1.165) is 36.2 Å². The van der Waals surface area contributed by atoms with Crippen molar-refractivity contribution in [3.8, 4) is 0 Å². The van der Waals surface area contributed by atoms with Gasteiger partial charge < -0.3 is 5.32 Å². The van der Waals surface area contributed by atoms with Crippen LogP contribution < -0.4 is 9.62 Å². The van der Waals surface area contributed by atoms with Gasteiger partial charge in [0.05, 0.1) is 11.9 Å². The number of nitrogens with zero attached hydrogens (tertiary/aromatic N) is 1. The fourth-order valence-corrected chi connectivity index (χ4v) is 3.76. The first-order valence-corrected chi connectivity index (χ1v) is 11.1. The van der Waals surface area contributed by atoms with E-state index >= 15 is 0 Å². The second kappa shape index (κ2) is 11.2. The normalized spacial score (nSPS) is 12.6. The fourth-order valence-electron chi connectivity index (χ4n) is 2.79. The van der Waals surface area contributed by atoms with Crippen molar-refractivity contribution < 1.29 is 17.6 Å². The van der Waals surface area contributed by atoms with Gasteiger partial charge in [-0.25, -0.2) is 12.8 Å². The minimum Gasteiger partial charge on any atom is -0.356 e. The first-order valence-electron chi connectivity index (χ1n) is 9.28. The third-order valence-electron chi connectivity index (χ3n) is 4.42. The Kier molecular flexibility index (Phi) is 9.62. The van der Waals surface area contributed by atoms with Gasteiger partial charge in [-0.05, 0) is 30.9 Å². The second-order valence-corrected chi connectivity index (χ2v) is 8.52. The van der Waals surface area contributed by atoms with E-state index in [0.29, 0.717) is 18.9 Å². The maximum atomic E-state index is 13.9. The number of anilines is 1.